The molecular formula is C25H23N3O3S2. The van der Waals surface area contributed by atoms with Crippen molar-refractivity contribution in [3.8, 4) is 16.8 Å². The highest BCUT2D eigenvalue weighted by atomic mass is 32.2. The predicted molar refractivity (Wildman–Crippen MR) is 133 cm³/mol. The van der Waals surface area contributed by atoms with Crippen molar-refractivity contribution in [2.24, 2.45) is 0 Å². The fraction of sp³-hybridized carbons (Fsp3) is 0.240. The van der Waals surface area contributed by atoms with Crippen molar-refractivity contribution < 1.29 is 9.53 Å². The summed E-state index contributed by atoms with van der Waals surface area (Å²) in [6.45, 7) is 1.27. The molecule has 0 bridgehead atoms. The van der Waals surface area contributed by atoms with E-state index in [0.29, 0.717) is 21.9 Å². The van der Waals surface area contributed by atoms with E-state index in [4.69, 9.17) is 9.72 Å². The summed E-state index contributed by atoms with van der Waals surface area (Å²) >= 11 is 2.72. The first-order valence-electron chi connectivity index (χ1n) is 10.9. The largest absolute Gasteiger partial charge is 0.376 e. The highest BCUT2D eigenvalue weighted by Gasteiger charge is 2.20. The molecule has 2 aromatic carbocycles. The van der Waals surface area contributed by atoms with Gasteiger partial charge < -0.3 is 10.1 Å². The lowest BCUT2D eigenvalue weighted by Gasteiger charge is -2.13. The number of benzene rings is 2. The van der Waals surface area contributed by atoms with E-state index in [2.05, 4.69) is 5.32 Å². The maximum absolute atomic E-state index is 13.7. The molecule has 0 saturated carbocycles. The van der Waals surface area contributed by atoms with Crippen molar-refractivity contribution in [2.45, 2.75) is 24.1 Å². The van der Waals surface area contributed by atoms with E-state index in [1.165, 1.54) is 23.1 Å². The standard InChI is InChI=1S/C25H23N3O3S2/c29-21(26-14-19-12-7-13-31-19)16-33-25-27-23-22(20(15-32-23)17-8-3-1-4-9-17)24(30)28(25)18-10-5-2-6-11-18/h1-6,8-11,15,19H,7,12-14,16H2,(H,26,29). The maximum Gasteiger partial charge on any atom is 0.268 e. The number of hydrogen-bond donors (Lipinski definition) is 1. The first kappa shape index (κ1) is 21.9. The molecule has 1 atom stereocenters. The van der Waals surface area contributed by atoms with Crippen LogP contribution >= 0.6 is 23.1 Å². The predicted octanol–water partition coefficient (Wildman–Crippen LogP) is 4.50. The van der Waals surface area contributed by atoms with Gasteiger partial charge in [0, 0.05) is 24.1 Å². The van der Waals surface area contributed by atoms with Crippen LogP contribution in [0, 0.1) is 0 Å². The van der Waals surface area contributed by atoms with Gasteiger partial charge in [-0.15, -0.1) is 11.3 Å². The highest BCUT2D eigenvalue weighted by Crippen LogP contribution is 2.32. The lowest BCUT2D eigenvalue weighted by molar-refractivity contribution is -0.119. The molecule has 0 aliphatic carbocycles. The van der Waals surface area contributed by atoms with Gasteiger partial charge in [-0.25, -0.2) is 4.98 Å². The summed E-state index contributed by atoms with van der Waals surface area (Å²) < 4.78 is 7.18. The van der Waals surface area contributed by atoms with Gasteiger partial charge in [0.2, 0.25) is 5.91 Å². The van der Waals surface area contributed by atoms with Crippen molar-refractivity contribution >= 4 is 39.2 Å². The van der Waals surface area contributed by atoms with Gasteiger partial charge in [0.15, 0.2) is 5.16 Å². The third kappa shape index (κ3) is 4.73. The van der Waals surface area contributed by atoms with Crippen molar-refractivity contribution in [3.05, 3.63) is 76.4 Å². The zero-order valence-corrected chi connectivity index (χ0v) is 19.5. The van der Waals surface area contributed by atoms with E-state index < -0.39 is 0 Å². The fourth-order valence-corrected chi connectivity index (χ4v) is 5.75. The molecular weight excluding hydrogens is 454 g/mol. The lowest BCUT2D eigenvalue weighted by Crippen LogP contribution is -2.33. The summed E-state index contributed by atoms with van der Waals surface area (Å²) in [6, 6.07) is 19.3. The lowest BCUT2D eigenvalue weighted by atomic mass is 10.1. The maximum atomic E-state index is 13.7. The third-order valence-corrected chi connectivity index (χ3v) is 7.37. The summed E-state index contributed by atoms with van der Waals surface area (Å²) in [7, 11) is 0. The number of fused-ring (bicyclic) bond motifs is 1. The van der Waals surface area contributed by atoms with Crippen LogP contribution in [-0.2, 0) is 9.53 Å². The fourth-order valence-electron chi connectivity index (χ4n) is 3.92. The van der Waals surface area contributed by atoms with Crippen molar-refractivity contribution in [2.75, 3.05) is 18.9 Å². The van der Waals surface area contributed by atoms with Crippen LogP contribution in [0.1, 0.15) is 12.8 Å². The van der Waals surface area contributed by atoms with Crippen LogP contribution in [-0.4, -0.2) is 40.5 Å². The number of ether oxygens (including phenoxy) is 1. The Morgan fingerprint density at radius 3 is 2.64 bits per heavy atom. The van der Waals surface area contributed by atoms with Crippen LogP contribution < -0.4 is 10.9 Å². The third-order valence-electron chi connectivity index (χ3n) is 5.56. The minimum atomic E-state index is -0.131. The molecule has 1 aliphatic heterocycles. The molecule has 0 spiro atoms. The molecule has 1 aliphatic rings. The number of thiophene rings is 1. The number of nitrogens with one attached hydrogen (secondary N) is 1. The second-order valence-electron chi connectivity index (χ2n) is 7.79. The Kier molecular flexibility index (Phi) is 6.57. The van der Waals surface area contributed by atoms with Crippen LogP contribution in [0.3, 0.4) is 0 Å². The number of carbonyl (C=O) groups is 1. The molecule has 1 amide bonds. The van der Waals surface area contributed by atoms with Gasteiger partial charge in [0.25, 0.3) is 5.56 Å². The quantitative estimate of drug-likeness (QED) is 0.313. The van der Waals surface area contributed by atoms with E-state index >= 15 is 0 Å². The van der Waals surface area contributed by atoms with Gasteiger partial charge in [-0.3, -0.25) is 14.2 Å². The molecule has 1 N–H and O–H groups in total. The number of rotatable bonds is 7. The zero-order chi connectivity index (χ0) is 22.6. The number of thioether (sulfide) groups is 1. The number of amides is 1. The van der Waals surface area contributed by atoms with Gasteiger partial charge >= 0.3 is 0 Å². The Bertz CT molecular complexity index is 1310. The average molecular weight is 478 g/mol. The van der Waals surface area contributed by atoms with E-state index in [0.717, 1.165) is 36.3 Å². The number of para-hydroxylation sites is 1. The molecule has 1 fully saturated rings. The van der Waals surface area contributed by atoms with Crippen LogP contribution in [0.5, 0.6) is 0 Å². The minimum absolute atomic E-state index is 0.0958. The summed E-state index contributed by atoms with van der Waals surface area (Å²) in [5.41, 5.74) is 2.46. The second kappa shape index (κ2) is 9.91. The first-order valence-corrected chi connectivity index (χ1v) is 12.7. The first-order chi connectivity index (χ1) is 16.2. The van der Waals surface area contributed by atoms with E-state index in [1.54, 1.807) is 4.57 Å². The second-order valence-corrected chi connectivity index (χ2v) is 9.59. The molecule has 33 heavy (non-hydrogen) atoms. The van der Waals surface area contributed by atoms with Crippen molar-refractivity contribution in [1.29, 1.82) is 0 Å². The molecule has 0 radical (unpaired) electrons. The molecule has 168 valence electrons. The molecule has 4 aromatic rings. The van der Waals surface area contributed by atoms with Crippen LogP contribution in [0.15, 0.2) is 76.0 Å². The molecule has 1 unspecified atom stereocenters. The van der Waals surface area contributed by atoms with Crippen LogP contribution in [0.2, 0.25) is 0 Å². The Labute approximate surface area is 199 Å². The zero-order valence-electron chi connectivity index (χ0n) is 17.9. The van der Waals surface area contributed by atoms with E-state index in [1.807, 2.05) is 66.0 Å². The Morgan fingerprint density at radius 2 is 1.91 bits per heavy atom. The van der Waals surface area contributed by atoms with E-state index in [-0.39, 0.29) is 23.3 Å². The molecule has 6 nitrogen and oxygen atoms in total. The van der Waals surface area contributed by atoms with Crippen LogP contribution in [0.4, 0.5) is 0 Å². The van der Waals surface area contributed by atoms with Gasteiger partial charge in [-0.05, 0) is 30.5 Å². The van der Waals surface area contributed by atoms with Crippen molar-refractivity contribution in [3.63, 3.8) is 0 Å². The Morgan fingerprint density at radius 1 is 1.15 bits per heavy atom. The summed E-state index contributed by atoms with van der Waals surface area (Å²) in [4.78, 5) is 31.7. The number of hydrogen-bond acceptors (Lipinski definition) is 6. The summed E-state index contributed by atoms with van der Waals surface area (Å²) in [5, 5.41) is 6.02. The minimum Gasteiger partial charge on any atom is -0.376 e. The topological polar surface area (TPSA) is 73.2 Å². The Balaban J connectivity index is 1.48. The average Bonchev–Trinajstić information content (AvgIpc) is 3.53. The SMILES string of the molecule is O=C(CSc1nc2scc(-c3ccccc3)c2c(=O)n1-c1ccccc1)NCC1CCCO1. The van der Waals surface area contributed by atoms with Gasteiger partial charge in [-0.1, -0.05) is 60.3 Å². The monoisotopic (exact) mass is 477 g/mol. The van der Waals surface area contributed by atoms with E-state index in [9.17, 15) is 9.59 Å². The number of carbonyl (C=O) groups excluding carboxylic acids is 1. The molecule has 1 saturated heterocycles. The van der Waals surface area contributed by atoms with Gasteiger partial charge in [0.1, 0.15) is 4.83 Å². The normalized spacial score (nSPS) is 15.7. The van der Waals surface area contributed by atoms with Crippen LogP contribution in [0.25, 0.3) is 27.0 Å². The highest BCUT2D eigenvalue weighted by molar-refractivity contribution is 7.99. The number of aromatic nitrogens is 2. The smallest absolute Gasteiger partial charge is 0.268 e. The van der Waals surface area contributed by atoms with Crippen molar-refractivity contribution in [1.82, 2.24) is 14.9 Å². The molecule has 8 heteroatoms. The van der Waals surface area contributed by atoms with Gasteiger partial charge in [-0.2, -0.15) is 0 Å². The van der Waals surface area contributed by atoms with Gasteiger partial charge in [0.05, 0.1) is 22.9 Å². The molecule has 3 heterocycles. The Hall–Kier alpha value is -2.94. The number of nitrogens with zero attached hydrogens (tertiary/aromatic N) is 2. The molecule has 2 aromatic heterocycles. The summed E-state index contributed by atoms with van der Waals surface area (Å²) in [5.74, 6) is 0.0784. The summed E-state index contributed by atoms with van der Waals surface area (Å²) in [6.07, 6.45) is 2.11. The molecule has 5 rings (SSSR count).